The van der Waals surface area contributed by atoms with Crippen molar-refractivity contribution in [2.24, 2.45) is 0 Å². The second kappa shape index (κ2) is 44.5. The van der Waals surface area contributed by atoms with Gasteiger partial charge in [-0.25, -0.2) is 0 Å². The van der Waals surface area contributed by atoms with E-state index in [1.165, 1.54) is 122 Å². The summed E-state index contributed by atoms with van der Waals surface area (Å²) in [5.74, 6) is -3.81. The van der Waals surface area contributed by atoms with Crippen molar-refractivity contribution in [3.8, 4) is 0 Å². The zero-order chi connectivity index (χ0) is 39.6. The third-order valence-corrected chi connectivity index (χ3v) is 13.4. The molecular weight excluding hydrogens is 775 g/mol. The van der Waals surface area contributed by atoms with E-state index in [4.69, 9.17) is 0 Å². The van der Waals surface area contributed by atoms with Gasteiger partial charge in [-0.05, 0) is 25.7 Å². The molecule has 0 amide bonds. The fourth-order valence-electron chi connectivity index (χ4n) is 4.73. The van der Waals surface area contributed by atoms with Crippen LogP contribution in [0.1, 0.15) is 203 Å². The number of unbranched alkanes of at least 4 members (excludes halogenated alkanes) is 18. The van der Waals surface area contributed by atoms with Crippen molar-refractivity contribution in [3.05, 3.63) is 0 Å². The predicted octanol–water partition coefficient (Wildman–Crippen LogP) is 8.69. The molecule has 0 saturated carbocycles. The van der Waals surface area contributed by atoms with E-state index in [9.17, 15) is 34.2 Å². The Morgan fingerprint density at radius 3 is 0.882 bits per heavy atom. The van der Waals surface area contributed by atoms with Crippen LogP contribution in [0, 0.1) is 0 Å². The topological polar surface area (TPSA) is 159 Å². The zero-order valence-electron chi connectivity index (χ0n) is 34.0. The first-order valence-corrected chi connectivity index (χ1v) is 26.2. The molecule has 0 N–H and O–H groups in total. The van der Waals surface area contributed by atoms with Gasteiger partial charge in [-0.2, -0.15) is 0 Å². The molecule has 0 rings (SSSR count). The number of hydrogen-bond donors (Lipinski definition) is 0. The molecule has 0 radical (unpaired) electrons. The van der Waals surface area contributed by atoms with Gasteiger partial charge in [0.05, 0.1) is 0 Å². The summed E-state index contributed by atoms with van der Waals surface area (Å²) in [5.41, 5.74) is 0. The van der Waals surface area contributed by atoms with Crippen molar-refractivity contribution in [1.82, 2.24) is 0 Å². The molecule has 10 nitrogen and oxygen atoms in total. The molecule has 300 valence electrons. The molecule has 0 aliphatic rings. The van der Waals surface area contributed by atoms with Gasteiger partial charge in [0.2, 0.25) is 0 Å². The molecule has 0 aromatic rings. The van der Waals surface area contributed by atoms with Crippen LogP contribution in [-0.4, -0.2) is 59.8 Å². The van der Waals surface area contributed by atoms with Crippen molar-refractivity contribution >= 4 is 59.8 Å². The summed E-state index contributed by atoms with van der Waals surface area (Å²) in [5, 5.41) is 20.2. The van der Waals surface area contributed by atoms with Crippen molar-refractivity contribution < 1.29 is 47.5 Å². The third-order valence-electron chi connectivity index (χ3n) is 7.37. The summed E-state index contributed by atoms with van der Waals surface area (Å²) in [6.45, 7) is 13.7. The fraction of sp³-hybridized carbons (Fsp3) is 0.872. The van der Waals surface area contributed by atoms with Crippen molar-refractivity contribution in [2.75, 3.05) is 0 Å². The Morgan fingerprint density at radius 2 is 0.667 bits per heavy atom. The number of rotatable bonds is 29. The average Bonchev–Trinajstić information content (AvgIpc) is 3.02. The van der Waals surface area contributed by atoms with Crippen molar-refractivity contribution in [2.45, 2.75) is 218 Å². The van der Waals surface area contributed by atoms with Gasteiger partial charge in [0.15, 0.2) is 0 Å². The molecule has 0 aromatic carbocycles. The van der Waals surface area contributed by atoms with E-state index in [0.29, 0.717) is 0 Å². The number of carbonyl (C=O) groups is 5. The summed E-state index contributed by atoms with van der Waals surface area (Å²) >= 11 is 0.149. The first-order valence-electron chi connectivity index (χ1n) is 19.9. The van der Waals surface area contributed by atoms with E-state index >= 15 is 0 Å². The molecule has 0 aliphatic heterocycles. The van der Waals surface area contributed by atoms with Crippen LogP contribution in [0.25, 0.3) is 0 Å². The predicted molar refractivity (Wildman–Crippen MR) is 206 cm³/mol. The van der Waals surface area contributed by atoms with E-state index < -0.39 is 38.7 Å². The molecule has 0 spiro atoms. The molecule has 0 saturated heterocycles. The van der Waals surface area contributed by atoms with Crippen LogP contribution < -0.4 is 10.2 Å². The Hall–Kier alpha value is -1.63. The van der Waals surface area contributed by atoms with Gasteiger partial charge in [-0.1, -0.05) is 117 Å². The van der Waals surface area contributed by atoms with E-state index in [2.05, 4.69) is 41.0 Å². The van der Waals surface area contributed by atoms with Crippen LogP contribution in [0.3, 0.4) is 0 Å². The minimum atomic E-state index is -3.49. The molecule has 0 fully saturated rings. The van der Waals surface area contributed by atoms with Crippen LogP contribution >= 0.6 is 0 Å². The van der Waals surface area contributed by atoms with Gasteiger partial charge >= 0.3 is 78.4 Å². The Kier molecular flexibility index (Phi) is 49.0. The average molecular weight is 852 g/mol. The van der Waals surface area contributed by atoms with E-state index in [0.717, 1.165) is 46.5 Å². The molecular formula is C39H76O10SiSn. The summed E-state index contributed by atoms with van der Waals surface area (Å²) in [6, 6.07) is 0. The van der Waals surface area contributed by atoms with Crippen molar-refractivity contribution in [3.63, 3.8) is 0 Å². The number of carbonyl (C=O) groups excluding carboxylic acids is 5. The quantitative estimate of drug-likeness (QED) is 0.0527. The summed E-state index contributed by atoms with van der Waals surface area (Å²) in [6.07, 6.45) is 28.2. The van der Waals surface area contributed by atoms with E-state index in [1.807, 2.05) is 0 Å². The van der Waals surface area contributed by atoms with Gasteiger partial charge in [0, 0.05) is 39.3 Å². The Labute approximate surface area is 323 Å². The van der Waals surface area contributed by atoms with E-state index in [-0.39, 0.29) is 34.0 Å². The van der Waals surface area contributed by atoms with Crippen LogP contribution in [0.4, 0.5) is 0 Å². The molecule has 0 aromatic heterocycles. The van der Waals surface area contributed by atoms with Gasteiger partial charge in [-0.15, -0.1) is 0 Å². The minimum absolute atomic E-state index is 0.149. The monoisotopic (exact) mass is 852 g/mol. The van der Waals surface area contributed by atoms with Crippen LogP contribution in [0.2, 0.25) is 15.4 Å². The number of carboxylic acids is 2. The van der Waals surface area contributed by atoms with Crippen LogP contribution in [0.5, 0.6) is 0 Å². The SMILES string of the molecule is CC(=O)O[Si](C)(OC(C)=O)OC(C)=O.CCCCCCCCCCCC(=O)[O-].CCCCCCCCCCCC(=O)[O-].CCC[CH2][Sn+2][CH2]CCC. The first kappa shape index (κ1) is 56.1. The maximum atomic E-state index is 10.7. The third kappa shape index (κ3) is 60.8. The van der Waals surface area contributed by atoms with Gasteiger partial charge in [0.1, 0.15) is 0 Å². The number of carboxylic acid groups (broad SMARTS) is 2. The van der Waals surface area contributed by atoms with Crippen LogP contribution in [-0.2, 0) is 37.3 Å². The molecule has 0 atom stereocenters. The fourth-order valence-corrected chi connectivity index (χ4v) is 10.6. The summed E-state index contributed by atoms with van der Waals surface area (Å²) in [7, 11) is -3.49. The summed E-state index contributed by atoms with van der Waals surface area (Å²) in [4.78, 5) is 52.1. The first-order chi connectivity index (χ1) is 24.2. The molecule has 51 heavy (non-hydrogen) atoms. The Morgan fingerprint density at radius 1 is 0.431 bits per heavy atom. The normalized spacial score (nSPS) is 10.1. The van der Waals surface area contributed by atoms with Gasteiger partial charge in [0.25, 0.3) is 17.9 Å². The Balaban J connectivity index is -0.000000292. The second-order valence-electron chi connectivity index (χ2n) is 13.0. The molecule has 0 aliphatic carbocycles. The number of aliphatic carboxylic acids is 2. The van der Waals surface area contributed by atoms with Gasteiger partial charge in [-0.3, -0.25) is 14.4 Å². The van der Waals surface area contributed by atoms with Crippen molar-refractivity contribution in [1.29, 1.82) is 0 Å². The Bertz CT molecular complexity index is 747. The number of hydrogen-bond acceptors (Lipinski definition) is 10. The van der Waals surface area contributed by atoms with Gasteiger partial charge < -0.3 is 33.1 Å². The summed E-state index contributed by atoms with van der Waals surface area (Å²) < 4.78 is 17.3. The van der Waals surface area contributed by atoms with E-state index in [1.54, 1.807) is 8.87 Å². The molecule has 0 unspecified atom stereocenters. The van der Waals surface area contributed by atoms with Crippen LogP contribution in [0.15, 0.2) is 0 Å². The molecule has 0 heterocycles. The molecule has 0 bridgehead atoms. The molecule has 12 heteroatoms. The zero-order valence-corrected chi connectivity index (χ0v) is 37.8. The second-order valence-corrected chi connectivity index (χ2v) is 19.6. The maximum absolute atomic E-state index is 10.7. The standard InChI is InChI=1S/2C12H24O2.C7H12O6Si.2C4H9.Sn/c2*1-2-3-4-5-6-7-8-9-10-11-12(13)14;1-5(8)11-14(4,12-6(2)9)13-7(3)10;2*1-3-4-2;/h2*2-11H2,1H3,(H,13,14);1-4H3;2*1,3-4H2,2H3;/q;;;;;+2/p-2.